The number of hydrogen-bond donors (Lipinski definition) is 2. The van der Waals surface area contributed by atoms with E-state index in [1.54, 1.807) is 45.0 Å². The fourth-order valence-corrected chi connectivity index (χ4v) is 8.36. The van der Waals surface area contributed by atoms with Crippen molar-refractivity contribution in [2.24, 2.45) is 33.6 Å². The number of ketones is 1. The molecule has 0 spiro atoms. The first kappa shape index (κ1) is 42.5. The summed E-state index contributed by atoms with van der Waals surface area (Å²) >= 11 is 0. The molecule has 1 aromatic rings. The van der Waals surface area contributed by atoms with Crippen LogP contribution in [0.1, 0.15) is 85.3 Å². The maximum absolute atomic E-state index is 14.4. The highest BCUT2D eigenvalue weighted by atomic mass is 16.7. The van der Waals surface area contributed by atoms with Gasteiger partial charge in [-0.05, 0) is 78.7 Å². The molecule has 15 heteroatoms. The van der Waals surface area contributed by atoms with E-state index in [1.165, 1.54) is 0 Å². The Hall–Kier alpha value is -3.65. The zero-order valence-electron chi connectivity index (χ0n) is 33.6. The maximum atomic E-state index is 14.4. The first-order valence-electron chi connectivity index (χ1n) is 19.3. The number of nitrogens with zero attached hydrogens (tertiary/aromatic N) is 4. The van der Waals surface area contributed by atoms with Gasteiger partial charge in [0.1, 0.15) is 36.4 Å². The van der Waals surface area contributed by atoms with E-state index in [9.17, 15) is 14.7 Å². The Balaban J connectivity index is 1.55. The number of ether oxygens (including phenoxy) is 6. The highest BCUT2D eigenvalue weighted by molar-refractivity contribution is 5.87. The zero-order chi connectivity index (χ0) is 40.2. The van der Waals surface area contributed by atoms with Crippen molar-refractivity contribution in [2.45, 2.75) is 141 Å². The van der Waals surface area contributed by atoms with E-state index < -0.39 is 71.7 Å². The van der Waals surface area contributed by atoms with Gasteiger partial charge in [-0.1, -0.05) is 38.1 Å². The number of carbonyl (C=O) groups is 2. The lowest BCUT2D eigenvalue weighted by atomic mass is 9.75. The molecule has 3 fully saturated rings. The molecule has 3 saturated heterocycles. The summed E-state index contributed by atoms with van der Waals surface area (Å²) in [6.07, 6.45) is -3.40. The topological polar surface area (TPSA) is 197 Å². The number of aliphatic imine (C=N–C) groups is 1. The van der Waals surface area contributed by atoms with Gasteiger partial charge < -0.3 is 49.0 Å². The molecule has 1 aromatic carbocycles. The van der Waals surface area contributed by atoms with Crippen molar-refractivity contribution < 1.29 is 48.0 Å². The predicted octanol–water partition coefficient (Wildman–Crippen LogP) is 3.48. The number of aliphatic hydroxyl groups excluding tert-OH is 1. The summed E-state index contributed by atoms with van der Waals surface area (Å²) in [4.78, 5) is 40.8. The fraction of sp³-hybridized carbons (Fsp3) is 0.725. The van der Waals surface area contributed by atoms with Crippen LogP contribution >= 0.6 is 0 Å². The van der Waals surface area contributed by atoms with Crippen LogP contribution < -0.4 is 5.73 Å². The van der Waals surface area contributed by atoms with Crippen LogP contribution in [0.25, 0.3) is 0 Å². The molecule has 3 N–H and O–H groups in total. The van der Waals surface area contributed by atoms with Gasteiger partial charge in [-0.25, -0.2) is 4.99 Å². The lowest BCUT2D eigenvalue weighted by Crippen LogP contribution is -2.58. The van der Waals surface area contributed by atoms with Gasteiger partial charge in [-0.15, -0.1) is 0 Å². The fourth-order valence-electron chi connectivity index (χ4n) is 8.36. The predicted molar refractivity (Wildman–Crippen MR) is 202 cm³/mol. The summed E-state index contributed by atoms with van der Waals surface area (Å²) < 4.78 is 38.6. The third-order valence-electron chi connectivity index (χ3n) is 11.7. The lowest BCUT2D eigenvalue weighted by Gasteiger charge is -2.46. The third-order valence-corrected chi connectivity index (χ3v) is 11.7. The Morgan fingerprint density at radius 3 is 2.45 bits per heavy atom. The van der Waals surface area contributed by atoms with E-state index in [2.05, 4.69) is 16.2 Å². The largest absolute Gasteiger partial charge is 0.458 e. The average Bonchev–Trinajstić information content (AvgIpc) is 3.49. The van der Waals surface area contributed by atoms with E-state index in [-0.39, 0.29) is 56.6 Å². The zero-order valence-corrected chi connectivity index (χ0v) is 33.6. The van der Waals surface area contributed by atoms with Crippen LogP contribution in [0.4, 0.5) is 0 Å². The SMILES string of the molecule is CC[C@H]1OC(=O)[C@H](C)[C@H]2C[C@@H](OC3O[C@H](C)C[C@H](N(C)C)[C@H]3O)[C@](C)(C[C@@H](C)C(=O)[C@H](C)C3N=C(N)OC31C)OC/C(=N/OCc1ccc(C#N)cc1)CO2. The Morgan fingerprint density at radius 1 is 1.09 bits per heavy atom. The minimum atomic E-state index is -1.20. The van der Waals surface area contributed by atoms with E-state index in [4.69, 9.17) is 44.3 Å². The first-order chi connectivity index (χ1) is 26.0. The molecule has 0 aliphatic carbocycles. The molecule has 304 valence electrons. The molecule has 4 heterocycles. The van der Waals surface area contributed by atoms with Gasteiger partial charge >= 0.3 is 5.97 Å². The van der Waals surface area contributed by atoms with Crippen LogP contribution in [-0.2, 0) is 49.5 Å². The second-order valence-electron chi connectivity index (χ2n) is 16.2. The number of benzene rings is 1. The maximum Gasteiger partial charge on any atom is 0.311 e. The number of carbonyl (C=O) groups excluding carboxylic acids is 2. The van der Waals surface area contributed by atoms with E-state index in [0.29, 0.717) is 24.1 Å². The van der Waals surface area contributed by atoms with Crippen LogP contribution in [0.5, 0.6) is 0 Å². The van der Waals surface area contributed by atoms with Crippen LogP contribution in [0.3, 0.4) is 0 Å². The summed E-state index contributed by atoms with van der Waals surface area (Å²) in [7, 11) is 3.80. The lowest BCUT2D eigenvalue weighted by molar-refractivity contribution is -0.294. The standard InChI is InChI=1S/C40H59N5O10/c1-10-31-40(7)35(43-38(42)55-40)25(5)33(46)22(2)17-39(6)32(54-37-34(47)29(45(8)9)15-23(3)52-37)16-30(24(4)36(48)53-31)49-20-28(21-50-39)44-51-19-27-13-11-26(18-41)12-14-27/h11-14,22-25,29-32,34-35,37,47H,10,15-17,19-21H2,1-9H3,(H2,42,43)/b44-28+/t22-,23-,24-,25+,29+,30-,31-,32-,34-,35?,37?,39+,40?/m1/s1. The van der Waals surface area contributed by atoms with Gasteiger partial charge in [-0.2, -0.15) is 5.26 Å². The van der Waals surface area contributed by atoms with E-state index in [1.807, 2.05) is 46.7 Å². The van der Waals surface area contributed by atoms with Crippen LogP contribution in [0, 0.1) is 29.1 Å². The minimum absolute atomic E-state index is 0.0449. The molecule has 0 radical (unpaired) electrons. The number of Topliss-reactive ketones (excluding diaryl/α,β-unsaturated/α-hetero) is 1. The number of rotatable bonds is 7. The quantitative estimate of drug-likeness (QED) is 0.302. The van der Waals surface area contributed by atoms with Gasteiger partial charge in [0.25, 0.3) is 6.02 Å². The molecular weight excluding hydrogens is 710 g/mol. The molecule has 13 atom stereocenters. The van der Waals surface area contributed by atoms with Gasteiger partial charge in [0, 0.05) is 24.3 Å². The first-order valence-corrected chi connectivity index (χ1v) is 19.3. The molecule has 0 aromatic heterocycles. The molecule has 4 aliphatic heterocycles. The Morgan fingerprint density at radius 2 is 1.80 bits per heavy atom. The highest BCUT2D eigenvalue weighted by Gasteiger charge is 2.55. The number of amidine groups is 1. The smallest absolute Gasteiger partial charge is 0.311 e. The molecule has 15 nitrogen and oxygen atoms in total. The molecule has 55 heavy (non-hydrogen) atoms. The summed E-state index contributed by atoms with van der Waals surface area (Å²) in [6.45, 7) is 12.9. The van der Waals surface area contributed by atoms with Crippen molar-refractivity contribution in [1.29, 1.82) is 5.26 Å². The van der Waals surface area contributed by atoms with Gasteiger partial charge in [0.15, 0.2) is 11.9 Å². The Kier molecular flexibility index (Phi) is 13.6. The minimum Gasteiger partial charge on any atom is -0.458 e. The van der Waals surface area contributed by atoms with Crippen LogP contribution in [0.15, 0.2) is 34.4 Å². The highest BCUT2D eigenvalue weighted by Crippen LogP contribution is 2.41. The van der Waals surface area contributed by atoms with Crippen molar-refractivity contribution >= 4 is 23.5 Å². The average molecular weight is 770 g/mol. The number of hydrogen-bond acceptors (Lipinski definition) is 15. The summed E-state index contributed by atoms with van der Waals surface area (Å²) in [5.74, 6) is -2.70. The molecular formula is C40H59N5O10. The number of cyclic esters (lactones) is 1. The summed E-state index contributed by atoms with van der Waals surface area (Å²) in [5, 5.41) is 25.1. The number of fused-ring (bicyclic) bond motifs is 4. The molecule has 3 unspecified atom stereocenters. The third kappa shape index (κ3) is 9.49. The second kappa shape index (κ2) is 17.7. The molecule has 0 saturated carbocycles. The van der Waals surface area contributed by atoms with Crippen LogP contribution in [-0.4, -0.2) is 121 Å². The molecule has 0 amide bonds. The van der Waals surface area contributed by atoms with Gasteiger partial charge in [-0.3, -0.25) is 9.59 Å². The number of likely N-dealkylation sites (N-methyl/N-ethyl adjacent to an activating group) is 1. The number of nitriles is 1. The van der Waals surface area contributed by atoms with Crippen molar-refractivity contribution in [1.82, 2.24) is 4.90 Å². The molecule has 2 bridgehead atoms. The van der Waals surface area contributed by atoms with Gasteiger partial charge in [0.05, 0.1) is 54.7 Å². The number of aliphatic hydroxyl groups is 1. The van der Waals surface area contributed by atoms with Crippen LogP contribution in [0.2, 0.25) is 0 Å². The normalized spacial score (nSPS) is 39.8. The Bertz CT molecular complexity index is 1620. The number of oxime groups is 1. The summed E-state index contributed by atoms with van der Waals surface area (Å²) in [6, 6.07) is 8.05. The monoisotopic (exact) mass is 769 g/mol. The molecule has 5 rings (SSSR count). The van der Waals surface area contributed by atoms with Gasteiger partial charge in [0.2, 0.25) is 0 Å². The van der Waals surface area contributed by atoms with Crippen molar-refractivity contribution in [3.05, 3.63) is 35.4 Å². The van der Waals surface area contributed by atoms with E-state index >= 15 is 0 Å². The number of nitrogens with two attached hydrogens (primary N) is 1. The van der Waals surface area contributed by atoms with Crippen molar-refractivity contribution in [3.63, 3.8) is 0 Å². The molecule has 4 aliphatic rings. The Labute approximate surface area is 324 Å². The second-order valence-corrected chi connectivity index (χ2v) is 16.2. The number of esters is 1. The van der Waals surface area contributed by atoms with Crippen molar-refractivity contribution in [2.75, 3.05) is 27.3 Å². The van der Waals surface area contributed by atoms with Crippen molar-refractivity contribution in [3.8, 4) is 6.07 Å². The summed E-state index contributed by atoms with van der Waals surface area (Å²) in [5.41, 5.74) is 5.48. The van der Waals surface area contributed by atoms with E-state index in [0.717, 1.165) is 5.56 Å².